The van der Waals surface area contributed by atoms with Crippen LogP contribution in [-0.2, 0) is 0 Å². The molecule has 0 amide bonds. The molecule has 7 heteroatoms. The number of rotatable bonds is 3. The summed E-state index contributed by atoms with van der Waals surface area (Å²) in [6, 6.07) is 8.59. The van der Waals surface area contributed by atoms with E-state index < -0.39 is 5.97 Å². The molecule has 0 aliphatic carbocycles. The Labute approximate surface area is 120 Å². The van der Waals surface area contributed by atoms with Crippen molar-refractivity contribution in [1.82, 2.24) is 10.2 Å². The number of nitrogens with one attached hydrogen (secondary N) is 1. The van der Waals surface area contributed by atoms with Crippen LogP contribution in [0.4, 0.5) is 11.5 Å². The van der Waals surface area contributed by atoms with E-state index in [1.54, 1.807) is 6.07 Å². The van der Waals surface area contributed by atoms with Crippen molar-refractivity contribution in [3.8, 4) is 0 Å². The molecule has 92 valence electrons. The second kappa shape index (κ2) is 5.45. The van der Waals surface area contributed by atoms with Crippen LogP contribution in [0.25, 0.3) is 0 Å². The topological polar surface area (TPSA) is 75.1 Å². The van der Waals surface area contributed by atoms with E-state index in [2.05, 4.69) is 47.4 Å². The smallest absolute Gasteiger partial charge is 0.356 e. The Kier molecular flexibility index (Phi) is 3.93. The van der Waals surface area contributed by atoms with Crippen molar-refractivity contribution in [1.29, 1.82) is 0 Å². The minimum atomic E-state index is -1.10. The van der Waals surface area contributed by atoms with Gasteiger partial charge in [0.2, 0.25) is 0 Å². The molecule has 2 N–H and O–H groups in total. The largest absolute Gasteiger partial charge is 0.476 e. The number of nitrogens with zero attached hydrogens (tertiary/aromatic N) is 2. The summed E-state index contributed by atoms with van der Waals surface area (Å²) in [5, 5.41) is 19.1. The predicted molar refractivity (Wildman–Crippen MR) is 74.1 cm³/mol. The monoisotopic (exact) mass is 371 g/mol. The molecule has 0 saturated heterocycles. The molecule has 0 aliphatic heterocycles. The number of hydrogen-bond donors (Lipinski definition) is 2. The van der Waals surface area contributed by atoms with Crippen molar-refractivity contribution in [2.45, 2.75) is 0 Å². The van der Waals surface area contributed by atoms with Gasteiger partial charge in [0.15, 0.2) is 11.5 Å². The third kappa shape index (κ3) is 3.05. The van der Waals surface area contributed by atoms with Crippen LogP contribution in [0.15, 0.2) is 39.3 Å². The molecular formula is C11H7Br2N3O2. The first kappa shape index (κ1) is 13.0. The Morgan fingerprint density at radius 3 is 2.50 bits per heavy atom. The van der Waals surface area contributed by atoms with Crippen LogP contribution in [0.2, 0.25) is 0 Å². The number of benzene rings is 1. The molecule has 1 aromatic carbocycles. The van der Waals surface area contributed by atoms with Crippen LogP contribution >= 0.6 is 31.9 Å². The van der Waals surface area contributed by atoms with Crippen LogP contribution < -0.4 is 5.32 Å². The first-order chi connectivity index (χ1) is 8.56. The van der Waals surface area contributed by atoms with Crippen molar-refractivity contribution < 1.29 is 9.90 Å². The van der Waals surface area contributed by atoms with Crippen LogP contribution in [0.5, 0.6) is 0 Å². The van der Waals surface area contributed by atoms with Gasteiger partial charge in [-0.1, -0.05) is 15.9 Å². The third-order valence-corrected chi connectivity index (χ3v) is 3.23. The Morgan fingerprint density at radius 1 is 1.17 bits per heavy atom. The second-order valence-electron chi connectivity index (χ2n) is 3.36. The number of hydrogen-bond acceptors (Lipinski definition) is 4. The third-order valence-electron chi connectivity index (χ3n) is 2.08. The fourth-order valence-corrected chi connectivity index (χ4v) is 2.39. The molecule has 0 radical (unpaired) electrons. The summed E-state index contributed by atoms with van der Waals surface area (Å²) >= 11 is 6.76. The van der Waals surface area contributed by atoms with Gasteiger partial charge in [-0.3, -0.25) is 0 Å². The van der Waals surface area contributed by atoms with Crippen molar-refractivity contribution in [3.05, 3.63) is 45.0 Å². The zero-order valence-electron chi connectivity index (χ0n) is 8.89. The van der Waals surface area contributed by atoms with E-state index in [0.29, 0.717) is 5.82 Å². The SMILES string of the molecule is O=C(O)c1ccc(Nc2ccc(Br)cc2Br)nn1. The Hall–Kier alpha value is -1.47. The molecule has 0 bridgehead atoms. The number of carboxylic acids is 1. The number of aromatic carboxylic acids is 1. The number of carbonyl (C=O) groups is 1. The van der Waals surface area contributed by atoms with Gasteiger partial charge >= 0.3 is 5.97 Å². The Bertz CT molecular complexity index is 587. The molecule has 0 fully saturated rings. The van der Waals surface area contributed by atoms with Crippen LogP contribution in [0, 0.1) is 0 Å². The summed E-state index contributed by atoms with van der Waals surface area (Å²) in [5.41, 5.74) is 0.728. The lowest BCUT2D eigenvalue weighted by atomic mass is 10.3. The molecule has 2 rings (SSSR count). The Morgan fingerprint density at radius 2 is 1.94 bits per heavy atom. The fourth-order valence-electron chi connectivity index (χ4n) is 1.24. The van der Waals surface area contributed by atoms with Gasteiger partial charge in [0.1, 0.15) is 0 Å². The van der Waals surface area contributed by atoms with Gasteiger partial charge in [-0.2, -0.15) is 0 Å². The minimum absolute atomic E-state index is 0.0876. The lowest BCUT2D eigenvalue weighted by Crippen LogP contribution is -2.03. The summed E-state index contributed by atoms with van der Waals surface area (Å²) in [6.07, 6.45) is 0. The number of aromatic nitrogens is 2. The van der Waals surface area contributed by atoms with E-state index in [-0.39, 0.29) is 5.69 Å². The number of carboxylic acid groups (broad SMARTS) is 1. The summed E-state index contributed by atoms with van der Waals surface area (Å²) in [5.74, 6) is -0.623. The van der Waals surface area contributed by atoms with E-state index >= 15 is 0 Å². The van der Waals surface area contributed by atoms with E-state index in [1.807, 2.05) is 18.2 Å². The summed E-state index contributed by atoms with van der Waals surface area (Å²) < 4.78 is 1.81. The average Bonchev–Trinajstić information content (AvgIpc) is 2.33. The number of halogens is 2. The van der Waals surface area contributed by atoms with Crippen molar-refractivity contribution in [2.24, 2.45) is 0 Å². The van der Waals surface area contributed by atoms with E-state index in [4.69, 9.17) is 5.11 Å². The normalized spacial score (nSPS) is 10.1. The van der Waals surface area contributed by atoms with Gasteiger partial charge < -0.3 is 10.4 Å². The highest BCUT2D eigenvalue weighted by Crippen LogP contribution is 2.28. The maximum atomic E-state index is 10.6. The molecule has 0 unspecified atom stereocenters. The molecular weight excluding hydrogens is 366 g/mol. The van der Waals surface area contributed by atoms with E-state index in [9.17, 15) is 4.79 Å². The first-order valence-corrected chi connectivity index (χ1v) is 6.44. The molecule has 0 atom stereocenters. The van der Waals surface area contributed by atoms with Crippen molar-refractivity contribution >= 4 is 49.3 Å². The van der Waals surface area contributed by atoms with Gasteiger partial charge in [-0.05, 0) is 46.3 Å². The molecule has 1 aromatic heterocycles. The standard InChI is InChI=1S/C11H7Br2N3O2/c12-6-1-2-8(7(13)5-6)14-10-4-3-9(11(17)18)15-16-10/h1-5H,(H,14,16)(H,17,18). The molecule has 2 aromatic rings. The van der Waals surface area contributed by atoms with Crippen molar-refractivity contribution in [3.63, 3.8) is 0 Å². The minimum Gasteiger partial charge on any atom is -0.476 e. The van der Waals surface area contributed by atoms with Gasteiger partial charge in [-0.15, -0.1) is 10.2 Å². The highest BCUT2D eigenvalue weighted by molar-refractivity contribution is 9.11. The van der Waals surface area contributed by atoms with Gasteiger partial charge in [0.25, 0.3) is 0 Å². The van der Waals surface area contributed by atoms with Crippen LogP contribution in [0.1, 0.15) is 10.5 Å². The molecule has 0 aliphatic rings. The molecule has 0 spiro atoms. The second-order valence-corrected chi connectivity index (χ2v) is 5.13. The summed E-state index contributed by atoms with van der Waals surface area (Å²) in [7, 11) is 0. The molecule has 18 heavy (non-hydrogen) atoms. The summed E-state index contributed by atoms with van der Waals surface area (Å²) in [6.45, 7) is 0. The van der Waals surface area contributed by atoms with Gasteiger partial charge in [0, 0.05) is 8.95 Å². The maximum absolute atomic E-state index is 10.6. The van der Waals surface area contributed by atoms with Crippen LogP contribution in [0.3, 0.4) is 0 Å². The zero-order chi connectivity index (χ0) is 13.1. The average molecular weight is 373 g/mol. The molecule has 0 saturated carbocycles. The lowest BCUT2D eigenvalue weighted by Gasteiger charge is -2.07. The highest BCUT2D eigenvalue weighted by atomic mass is 79.9. The van der Waals surface area contributed by atoms with Gasteiger partial charge in [-0.25, -0.2) is 4.79 Å². The Balaban J connectivity index is 2.21. The first-order valence-electron chi connectivity index (χ1n) is 4.85. The lowest BCUT2D eigenvalue weighted by molar-refractivity contribution is 0.0689. The summed E-state index contributed by atoms with van der Waals surface area (Å²) in [4.78, 5) is 10.6. The van der Waals surface area contributed by atoms with E-state index in [1.165, 1.54) is 6.07 Å². The molecule has 1 heterocycles. The molecule has 5 nitrogen and oxygen atoms in total. The zero-order valence-corrected chi connectivity index (χ0v) is 12.1. The van der Waals surface area contributed by atoms with Gasteiger partial charge in [0.05, 0.1) is 5.69 Å². The fraction of sp³-hybridized carbons (Fsp3) is 0. The highest BCUT2D eigenvalue weighted by Gasteiger charge is 2.06. The van der Waals surface area contributed by atoms with Crippen LogP contribution in [-0.4, -0.2) is 21.3 Å². The van der Waals surface area contributed by atoms with E-state index in [0.717, 1.165) is 14.6 Å². The number of anilines is 2. The maximum Gasteiger partial charge on any atom is 0.356 e. The van der Waals surface area contributed by atoms with Crippen molar-refractivity contribution in [2.75, 3.05) is 5.32 Å². The quantitative estimate of drug-likeness (QED) is 0.863. The predicted octanol–water partition coefficient (Wildman–Crippen LogP) is 3.44.